The van der Waals surface area contributed by atoms with E-state index in [4.69, 9.17) is 5.73 Å². The maximum atomic E-state index is 13.8. The number of hydrogen-bond acceptors (Lipinski definition) is 6. The number of rotatable bonds is 9. The van der Waals surface area contributed by atoms with Gasteiger partial charge in [-0.1, -0.05) is 11.3 Å². The summed E-state index contributed by atoms with van der Waals surface area (Å²) in [5, 5.41) is 11.0. The van der Waals surface area contributed by atoms with Gasteiger partial charge in [0, 0.05) is 45.7 Å². The molecule has 2 aliphatic rings. The molecule has 2 aromatic carbocycles. The van der Waals surface area contributed by atoms with Crippen LogP contribution < -0.4 is 11.1 Å². The first-order valence-corrected chi connectivity index (χ1v) is 14.0. The zero-order valence-corrected chi connectivity index (χ0v) is 23.1. The summed E-state index contributed by atoms with van der Waals surface area (Å²) >= 11 is 0. The van der Waals surface area contributed by atoms with Crippen LogP contribution in [0.25, 0.3) is 11.0 Å². The molecule has 0 spiro atoms. The van der Waals surface area contributed by atoms with Crippen molar-refractivity contribution in [1.82, 2.24) is 30.1 Å². The number of fused-ring (bicyclic) bond motifs is 1. The van der Waals surface area contributed by atoms with E-state index < -0.39 is 29.6 Å². The molecule has 1 aromatic heterocycles. The number of benzene rings is 2. The van der Waals surface area contributed by atoms with Crippen LogP contribution in [0.15, 0.2) is 36.4 Å². The number of nitrogens with one attached hydrogen (secondary N) is 1. The van der Waals surface area contributed by atoms with E-state index in [1.807, 2.05) is 18.2 Å². The lowest BCUT2D eigenvalue weighted by Gasteiger charge is -2.27. The van der Waals surface area contributed by atoms with Gasteiger partial charge in [-0.05, 0) is 73.4 Å². The standard InChI is InChI=1S/C29H35F2N7O3/c1-36-25-6-4-18(13-24(25)34-35-36)16-33-28(40)26-14-20(10-19-11-21(30)15-22(31)12-19)17-38(26)29(41)23(32)5-7-27(39)37-8-2-3-9-37/h4,6,11-13,15,20,23,26H,2-3,5,7-10,14,16-17,32H2,1H3,(H,33,40). The molecule has 3 atom stereocenters. The molecule has 3 N–H and O–H groups in total. The van der Waals surface area contributed by atoms with Gasteiger partial charge in [0.2, 0.25) is 17.7 Å². The zero-order valence-electron chi connectivity index (χ0n) is 23.1. The van der Waals surface area contributed by atoms with Crippen LogP contribution in [0, 0.1) is 17.6 Å². The average Bonchev–Trinajstić information content (AvgIpc) is 3.70. The molecule has 0 radical (unpaired) electrons. The molecule has 10 nitrogen and oxygen atoms in total. The Balaban J connectivity index is 1.26. The van der Waals surface area contributed by atoms with Gasteiger partial charge in [-0.15, -0.1) is 5.10 Å². The number of hydrogen-bond donors (Lipinski definition) is 2. The van der Waals surface area contributed by atoms with Crippen LogP contribution >= 0.6 is 0 Å². The molecular weight excluding hydrogens is 532 g/mol. The molecule has 3 aromatic rings. The molecule has 5 rings (SSSR count). The van der Waals surface area contributed by atoms with E-state index in [2.05, 4.69) is 15.6 Å². The van der Waals surface area contributed by atoms with Gasteiger partial charge in [-0.2, -0.15) is 0 Å². The second-order valence-corrected chi connectivity index (χ2v) is 11.1. The maximum absolute atomic E-state index is 13.8. The number of likely N-dealkylation sites (tertiary alicyclic amines) is 2. The number of nitrogens with zero attached hydrogens (tertiary/aromatic N) is 5. The lowest BCUT2D eigenvalue weighted by atomic mass is 9.96. The SMILES string of the molecule is Cn1nnc2cc(CNC(=O)C3CC(Cc4cc(F)cc(F)c4)CN3C(=O)C(N)CCC(=O)N3CCCC3)ccc21. The van der Waals surface area contributed by atoms with E-state index in [-0.39, 0.29) is 43.7 Å². The molecule has 41 heavy (non-hydrogen) atoms. The van der Waals surface area contributed by atoms with Gasteiger partial charge in [-0.3, -0.25) is 14.4 Å². The smallest absolute Gasteiger partial charge is 0.243 e. The van der Waals surface area contributed by atoms with Crippen molar-refractivity contribution in [3.8, 4) is 0 Å². The van der Waals surface area contributed by atoms with Gasteiger partial charge in [0.15, 0.2) is 0 Å². The number of aromatic nitrogens is 3. The molecular formula is C29H35F2N7O3. The van der Waals surface area contributed by atoms with E-state index in [0.29, 0.717) is 23.9 Å². The van der Waals surface area contributed by atoms with Gasteiger partial charge in [-0.25, -0.2) is 13.5 Å². The molecule has 218 valence electrons. The first kappa shape index (κ1) is 28.6. The fraction of sp³-hybridized carbons (Fsp3) is 0.483. The molecule has 2 fully saturated rings. The Kier molecular flexibility index (Phi) is 8.57. The molecule has 2 saturated heterocycles. The average molecular weight is 568 g/mol. The van der Waals surface area contributed by atoms with Gasteiger partial charge in [0.05, 0.1) is 11.6 Å². The van der Waals surface area contributed by atoms with E-state index >= 15 is 0 Å². The summed E-state index contributed by atoms with van der Waals surface area (Å²) in [6.07, 6.45) is 2.91. The van der Waals surface area contributed by atoms with Crippen molar-refractivity contribution in [2.24, 2.45) is 18.7 Å². The summed E-state index contributed by atoms with van der Waals surface area (Å²) in [4.78, 5) is 42.6. The third kappa shape index (κ3) is 6.70. The van der Waals surface area contributed by atoms with Crippen molar-refractivity contribution >= 4 is 28.8 Å². The van der Waals surface area contributed by atoms with Crippen molar-refractivity contribution in [3.05, 3.63) is 59.2 Å². The van der Waals surface area contributed by atoms with Crippen LogP contribution in [0.4, 0.5) is 8.78 Å². The Morgan fingerprint density at radius 1 is 1.07 bits per heavy atom. The van der Waals surface area contributed by atoms with Crippen LogP contribution in [0.3, 0.4) is 0 Å². The molecule has 0 aliphatic carbocycles. The highest BCUT2D eigenvalue weighted by atomic mass is 19.1. The van der Waals surface area contributed by atoms with E-state index in [1.165, 1.54) is 17.0 Å². The number of carbonyl (C=O) groups is 3. The lowest BCUT2D eigenvalue weighted by Crippen LogP contribution is -2.51. The number of nitrogens with two attached hydrogens (primary N) is 1. The van der Waals surface area contributed by atoms with Crippen molar-refractivity contribution in [2.45, 2.75) is 57.2 Å². The molecule has 3 heterocycles. The van der Waals surface area contributed by atoms with E-state index in [9.17, 15) is 23.2 Å². The van der Waals surface area contributed by atoms with Crippen LogP contribution in [-0.4, -0.2) is 74.2 Å². The Morgan fingerprint density at radius 3 is 2.54 bits per heavy atom. The topological polar surface area (TPSA) is 126 Å². The molecule has 0 bridgehead atoms. The number of halogens is 2. The highest BCUT2D eigenvalue weighted by Gasteiger charge is 2.41. The highest BCUT2D eigenvalue weighted by Crippen LogP contribution is 2.28. The molecule has 12 heteroatoms. The van der Waals surface area contributed by atoms with Crippen LogP contribution in [0.1, 0.15) is 43.2 Å². The van der Waals surface area contributed by atoms with Gasteiger partial charge in [0.25, 0.3) is 0 Å². The van der Waals surface area contributed by atoms with E-state index in [0.717, 1.165) is 43.1 Å². The Bertz CT molecular complexity index is 1420. The second kappa shape index (κ2) is 12.3. The third-order valence-corrected chi connectivity index (χ3v) is 8.01. The molecule has 2 aliphatic heterocycles. The monoisotopic (exact) mass is 567 g/mol. The van der Waals surface area contributed by atoms with Gasteiger partial charge < -0.3 is 20.9 Å². The van der Waals surface area contributed by atoms with Crippen LogP contribution in [-0.2, 0) is 34.4 Å². The normalized spacial score (nSPS) is 19.6. The molecule has 3 unspecified atom stereocenters. The lowest BCUT2D eigenvalue weighted by molar-refractivity contribution is -0.140. The van der Waals surface area contributed by atoms with Gasteiger partial charge >= 0.3 is 0 Å². The summed E-state index contributed by atoms with van der Waals surface area (Å²) in [5.74, 6) is -2.33. The Labute approximate surface area is 236 Å². The molecule has 3 amide bonds. The first-order valence-electron chi connectivity index (χ1n) is 14.0. The summed E-state index contributed by atoms with van der Waals surface area (Å²) in [6.45, 7) is 1.89. The van der Waals surface area contributed by atoms with Crippen molar-refractivity contribution in [3.63, 3.8) is 0 Å². The predicted molar refractivity (Wildman–Crippen MR) is 147 cm³/mol. The van der Waals surface area contributed by atoms with Crippen molar-refractivity contribution in [2.75, 3.05) is 19.6 Å². The maximum Gasteiger partial charge on any atom is 0.243 e. The largest absolute Gasteiger partial charge is 0.350 e. The summed E-state index contributed by atoms with van der Waals surface area (Å²) < 4.78 is 29.3. The van der Waals surface area contributed by atoms with Gasteiger partial charge in [0.1, 0.15) is 23.2 Å². The van der Waals surface area contributed by atoms with E-state index in [1.54, 1.807) is 16.6 Å². The molecule has 0 saturated carbocycles. The summed E-state index contributed by atoms with van der Waals surface area (Å²) in [5.41, 5.74) is 9.10. The fourth-order valence-corrected chi connectivity index (χ4v) is 5.87. The number of amides is 3. The second-order valence-electron chi connectivity index (χ2n) is 11.1. The minimum Gasteiger partial charge on any atom is -0.350 e. The summed E-state index contributed by atoms with van der Waals surface area (Å²) in [6, 6.07) is 7.19. The van der Waals surface area contributed by atoms with Crippen LogP contribution in [0.2, 0.25) is 0 Å². The predicted octanol–water partition coefficient (Wildman–Crippen LogP) is 2.05. The summed E-state index contributed by atoms with van der Waals surface area (Å²) in [7, 11) is 1.80. The third-order valence-electron chi connectivity index (χ3n) is 8.01. The Morgan fingerprint density at radius 2 is 1.80 bits per heavy atom. The first-order chi connectivity index (χ1) is 19.7. The number of carbonyl (C=O) groups excluding carboxylic acids is 3. The van der Waals surface area contributed by atoms with Crippen LogP contribution in [0.5, 0.6) is 0 Å². The minimum absolute atomic E-state index is 0.0208. The fourth-order valence-electron chi connectivity index (χ4n) is 5.87. The highest BCUT2D eigenvalue weighted by molar-refractivity contribution is 5.91. The zero-order chi connectivity index (χ0) is 29.1. The van der Waals surface area contributed by atoms with Crippen molar-refractivity contribution in [1.29, 1.82) is 0 Å². The van der Waals surface area contributed by atoms with Crippen molar-refractivity contribution < 1.29 is 23.2 Å². The Hall–Kier alpha value is -3.93. The minimum atomic E-state index is -0.943. The quantitative estimate of drug-likeness (QED) is 0.408. The number of aryl methyl sites for hydroxylation is 1.